The van der Waals surface area contributed by atoms with Crippen LogP contribution in [0.1, 0.15) is 31.5 Å². The molecule has 3 rings (SSSR count). The molecular formula is C17H18F3N5O. The molecule has 1 N–H and O–H groups in total. The molecular weight excluding hydrogens is 347 g/mol. The van der Waals surface area contributed by atoms with Crippen molar-refractivity contribution in [2.75, 3.05) is 0 Å². The molecule has 9 heteroatoms. The van der Waals surface area contributed by atoms with Crippen LogP contribution in [0.3, 0.4) is 0 Å². The molecule has 6 nitrogen and oxygen atoms in total. The van der Waals surface area contributed by atoms with Gasteiger partial charge < -0.3 is 5.11 Å². The Bertz CT molecular complexity index is 875. The van der Waals surface area contributed by atoms with Gasteiger partial charge >= 0.3 is 0 Å². The third-order valence-corrected chi connectivity index (χ3v) is 4.09. The summed E-state index contributed by atoms with van der Waals surface area (Å²) in [6.07, 6.45) is 4.66. The Hall–Kier alpha value is -2.81. The van der Waals surface area contributed by atoms with Gasteiger partial charge in [0.1, 0.15) is 36.2 Å². The second-order valence-electron chi connectivity index (χ2n) is 5.62. The molecule has 2 heterocycles. The smallest absolute Gasteiger partial charge is 0.163 e. The normalized spacial score (nSPS) is 14.3. The van der Waals surface area contributed by atoms with Gasteiger partial charge in [-0.15, -0.1) is 0 Å². The number of aromatic nitrogens is 5. The van der Waals surface area contributed by atoms with Crippen molar-refractivity contribution in [2.24, 2.45) is 0 Å². The molecule has 2 aromatic heterocycles. The number of nitrogens with zero attached hydrogens (tertiary/aromatic N) is 5. The van der Waals surface area contributed by atoms with Crippen molar-refractivity contribution < 1.29 is 18.3 Å². The molecule has 0 amide bonds. The molecule has 26 heavy (non-hydrogen) atoms. The van der Waals surface area contributed by atoms with E-state index in [2.05, 4.69) is 20.1 Å². The van der Waals surface area contributed by atoms with Crippen LogP contribution in [-0.2, 0) is 12.1 Å². The zero-order chi connectivity index (χ0) is 18.0. The zero-order valence-electron chi connectivity index (χ0n) is 13.1. The molecule has 0 aliphatic carbocycles. The monoisotopic (exact) mass is 365 g/mol. The number of benzene rings is 1. The highest BCUT2D eigenvalue weighted by Gasteiger charge is 2.41. The van der Waals surface area contributed by atoms with Crippen LogP contribution in [-0.4, -0.2) is 29.8 Å². The zero-order valence-corrected chi connectivity index (χ0v) is 13.1. The average Bonchev–Trinajstić information content (AvgIpc) is 3.07. The highest BCUT2D eigenvalue weighted by molar-refractivity contribution is 5.30. The van der Waals surface area contributed by atoms with E-state index < -0.39 is 29.0 Å². The summed E-state index contributed by atoms with van der Waals surface area (Å²) in [4.78, 5) is 11.2. The van der Waals surface area contributed by atoms with Gasteiger partial charge in [-0.1, -0.05) is 20.4 Å². The van der Waals surface area contributed by atoms with E-state index in [0.717, 1.165) is 24.7 Å². The summed E-state index contributed by atoms with van der Waals surface area (Å²) in [7, 11) is 0. The van der Waals surface area contributed by atoms with Gasteiger partial charge in [0.2, 0.25) is 0 Å². The fourth-order valence-electron chi connectivity index (χ4n) is 2.72. The summed E-state index contributed by atoms with van der Waals surface area (Å²) in [6.45, 7) is 1.26. The van der Waals surface area contributed by atoms with Crippen LogP contribution >= 0.6 is 0 Å². The fourth-order valence-corrected chi connectivity index (χ4v) is 2.72. The Balaban J connectivity index is 0.00000243. The van der Waals surface area contributed by atoms with E-state index in [0.29, 0.717) is 6.07 Å². The first kappa shape index (κ1) is 19.5. The van der Waals surface area contributed by atoms with Crippen molar-refractivity contribution >= 4 is 0 Å². The maximum Gasteiger partial charge on any atom is 0.163 e. The second kappa shape index (κ2) is 7.61. The number of halogens is 3. The Morgan fingerprint density at radius 2 is 1.92 bits per heavy atom. The maximum atomic E-state index is 14.4. The third kappa shape index (κ3) is 3.57. The van der Waals surface area contributed by atoms with Gasteiger partial charge in [0.25, 0.3) is 0 Å². The molecule has 0 fully saturated rings. The molecule has 0 saturated carbocycles. The lowest BCUT2D eigenvalue weighted by atomic mass is 9.79. The molecule has 2 atom stereocenters. The van der Waals surface area contributed by atoms with Crippen LogP contribution in [0.5, 0.6) is 0 Å². The highest BCUT2D eigenvalue weighted by Crippen LogP contribution is 2.39. The van der Waals surface area contributed by atoms with Crippen LogP contribution in [0.4, 0.5) is 13.2 Å². The Kier molecular flexibility index (Phi) is 5.71. The van der Waals surface area contributed by atoms with Gasteiger partial charge in [-0.25, -0.2) is 32.8 Å². The van der Waals surface area contributed by atoms with Crippen molar-refractivity contribution in [1.29, 1.82) is 0 Å². The molecule has 1 aromatic carbocycles. The largest absolute Gasteiger partial charge is 0.382 e. The standard InChI is InChI=1S/C16H14F3N5O.CH4/c1-10(15-14(19)5-20-7-22-15)16(25,6-24-9-21-8-23-24)12-3-2-11(17)4-13(12)18;/h2-5,7-10,25H,6H2,1H3;1H4/t10-,16+;/m0./s1. The quantitative estimate of drug-likeness (QED) is 0.752. The maximum absolute atomic E-state index is 14.4. The van der Waals surface area contributed by atoms with Gasteiger partial charge in [0.05, 0.1) is 18.4 Å². The predicted octanol–water partition coefficient (Wildman–Crippen LogP) is 2.81. The van der Waals surface area contributed by atoms with Crippen molar-refractivity contribution in [3.05, 3.63) is 72.1 Å². The molecule has 0 aliphatic heterocycles. The SMILES string of the molecule is C.C[C@@H](c1ncncc1F)[C@](O)(Cn1cncn1)c1ccc(F)cc1F. The lowest BCUT2D eigenvalue weighted by Gasteiger charge is -2.34. The second-order valence-corrected chi connectivity index (χ2v) is 5.62. The number of aliphatic hydroxyl groups is 1. The number of rotatable bonds is 5. The van der Waals surface area contributed by atoms with Gasteiger partial charge in [-0.05, 0) is 6.07 Å². The van der Waals surface area contributed by atoms with Crippen molar-refractivity contribution in [3.8, 4) is 0 Å². The molecule has 138 valence electrons. The summed E-state index contributed by atoms with van der Waals surface area (Å²) in [5.74, 6) is -3.47. The van der Waals surface area contributed by atoms with E-state index in [1.165, 1.54) is 24.3 Å². The molecule has 0 unspecified atom stereocenters. The highest BCUT2D eigenvalue weighted by atomic mass is 19.1. The van der Waals surface area contributed by atoms with Crippen molar-refractivity contribution in [1.82, 2.24) is 24.7 Å². The summed E-state index contributed by atoms with van der Waals surface area (Å²) >= 11 is 0. The summed E-state index contributed by atoms with van der Waals surface area (Å²) < 4.78 is 43.0. The van der Waals surface area contributed by atoms with Crippen molar-refractivity contribution in [2.45, 2.75) is 32.4 Å². The predicted molar refractivity (Wildman–Crippen MR) is 87.4 cm³/mol. The summed E-state index contributed by atoms with van der Waals surface area (Å²) in [5.41, 5.74) is -2.25. The van der Waals surface area contributed by atoms with Gasteiger partial charge in [0, 0.05) is 17.5 Å². The molecule has 3 aromatic rings. The van der Waals surface area contributed by atoms with E-state index in [1.807, 2.05) is 0 Å². The van der Waals surface area contributed by atoms with Gasteiger partial charge in [0.15, 0.2) is 5.82 Å². The topological polar surface area (TPSA) is 76.7 Å². The lowest BCUT2D eigenvalue weighted by Crippen LogP contribution is -2.39. The molecule has 0 radical (unpaired) electrons. The molecule has 0 spiro atoms. The minimum Gasteiger partial charge on any atom is -0.382 e. The van der Waals surface area contributed by atoms with Crippen LogP contribution in [0.2, 0.25) is 0 Å². The Labute approximate surface area is 148 Å². The Morgan fingerprint density at radius 1 is 1.15 bits per heavy atom. The van der Waals surface area contributed by atoms with Crippen LogP contribution in [0.15, 0.2) is 43.4 Å². The Morgan fingerprint density at radius 3 is 2.54 bits per heavy atom. The van der Waals surface area contributed by atoms with E-state index in [1.54, 1.807) is 0 Å². The van der Waals surface area contributed by atoms with Crippen LogP contribution in [0, 0.1) is 17.5 Å². The first-order valence-corrected chi connectivity index (χ1v) is 7.37. The van der Waals surface area contributed by atoms with Crippen molar-refractivity contribution in [3.63, 3.8) is 0 Å². The minimum absolute atomic E-state index is 0. The minimum atomic E-state index is -1.96. The lowest BCUT2D eigenvalue weighted by molar-refractivity contribution is -0.0133. The van der Waals surface area contributed by atoms with E-state index in [9.17, 15) is 18.3 Å². The number of hydrogen-bond acceptors (Lipinski definition) is 5. The van der Waals surface area contributed by atoms with Gasteiger partial charge in [-0.2, -0.15) is 5.10 Å². The van der Waals surface area contributed by atoms with Gasteiger partial charge in [-0.3, -0.25) is 0 Å². The first-order chi connectivity index (χ1) is 11.9. The number of hydrogen-bond donors (Lipinski definition) is 1. The van der Waals surface area contributed by atoms with Crippen LogP contribution in [0.25, 0.3) is 0 Å². The average molecular weight is 365 g/mol. The molecule has 0 saturated heterocycles. The summed E-state index contributed by atoms with van der Waals surface area (Å²) in [6, 6.07) is 2.80. The molecule has 0 bridgehead atoms. The fraction of sp³-hybridized carbons (Fsp3) is 0.294. The molecule has 0 aliphatic rings. The third-order valence-electron chi connectivity index (χ3n) is 4.09. The summed E-state index contributed by atoms with van der Waals surface area (Å²) in [5, 5.41) is 15.2. The van der Waals surface area contributed by atoms with E-state index in [-0.39, 0.29) is 25.2 Å². The first-order valence-electron chi connectivity index (χ1n) is 7.37. The van der Waals surface area contributed by atoms with E-state index >= 15 is 0 Å². The van der Waals surface area contributed by atoms with E-state index in [4.69, 9.17) is 0 Å². The van der Waals surface area contributed by atoms with Crippen LogP contribution < -0.4 is 0 Å².